The van der Waals surface area contributed by atoms with Crippen LogP contribution < -0.4 is 5.73 Å². The van der Waals surface area contributed by atoms with Crippen LogP contribution >= 0.6 is 0 Å². The van der Waals surface area contributed by atoms with Crippen LogP contribution in [0, 0.1) is 6.92 Å². The highest BCUT2D eigenvalue weighted by Gasteiger charge is 1.96. The minimum Gasteiger partial charge on any atom is -0.398 e. The van der Waals surface area contributed by atoms with Gasteiger partial charge in [0.2, 0.25) is 0 Å². The number of aryl methyl sites for hydroxylation is 1. The van der Waals surface area contributed by atoms with Gasteiger partial charge in [-0.05, 0) is 36.1 Å². The summed E-state index contributed by atoms with van der Waals surface area (Å²) < 4.78 is 0. The molecule has 1 aromatic carbocycles. The van der Waals surface area contributed by atoms with Crippen molar-refractivity contribution in [1.29, 1.82) is 0 Å². The predicted molar refractivity (Wildman–Crippen MR) is 50.9 cm³/mol. The van der Waals surface area contributed by atoms with E-state index in [1.54, 1.807) is 6.20 Å². The van der Waals surface area contributed by atoms with Crippen LogP contribution in [-0.2, 0) is 0 Å². The topological polar surface area (TPSA) is 38.9 Å². The summed E-state index contributed by atoms with van der Waals surface area (Å²) in [6.07, 6.45) is 3.62. The smallest absolute Gasteiger partial charge is 0.0350 e. The summed E-state index contributed by atoms with van der Waals surface area (Å²) in [5, 5.41) is 2.29. The van der Waals surface area contributed by atoms with E-state index in [-0.39, 0.29) is 0 Å². The van der Waals surface area contributed by atoms with E-state index in [0.717, 1.165) is 22.0 Å². The Labute approximate surface area is 71.0 Å². The number of fused-ring (bicyclic) bond motifs is 1. The van der Waals surface area contributed by atoms with Gasteiger partial charge in [-0.25, -0.2) is 0 Å². The van der Waals surface area contributed by atoms with Crippen LogP contribution in [0.25, 0.3) is 10.8 Å². The molecular formula is C10H10N2. The van der Waals surface area contributed by atoms with Gasteiger partial charge >= 0.3 is 0 Å². The van der Waals surface area contributed by atoms with Gasteiger partial charge in [-0.3, -0.25) is 4.98 Å². The van der Waals surface area contributed by atoms with Crippen LogP contribution in [0.5, 0.6) is 0 Å². The summed E-state index contributed by atoms with van der Waals surface area (Å²) in [6, 6.07) is 6.00. The molecule has 60 valence electrons. The van der Waals surface area contributed by atoms with Crippen molar-refractivity contribution >= 4 is 16.5 Å². The van der Waals surface area contributed by atoms with Gasteiger partial charge in [0.1, 0.15) is 0 Å². The molecule has 0 bridgehead atoms. The van der Waals surface area contributed by atoms with Gasteiger partial charge in [-0.1, -0.05) is 0 Å². The molecule has 1 aromatic heterocycles. The fourth-order valence-electron chi connectivity index (χ4n) is 1.27. The standard InChI is InChI=1S/C10H10N2/c1-7-4-9-6-12-3-2-8(9)5-10(7)11/h2-6H,11H2,1H3. The highest BCUT2D eigenvalue weighted by Crippen LogP contribution is 2.19. The molecule has 0 spiro atoms. The van der Waals surface area contributed by atoms with Gasteiger partial charge in [0.05, 0.1) is 0 Å². The number of hydrogen-bond acceptors (Lipinski definition) is 2. The molecule has 2 heteroatoms. The average Bonchev–Trinajstić information content (AvgIpc) is 2.07. The van der Waals surface area contributed by atoms with Crippen LogP contribution in [0.1, 0.15) is 5.56 Å². The van der Waals surface area contributed by atoms with Gasteiger partial charge in [0.25, 0.3) is 0 Å². The highest BCUT2D eigenvalue weighted by atomic mass is 14.6. The number of nitrogens with two attached hydrogens (primary N) is 1. The Kier molecular flexibility index (Phi) is 1.47. The molecule has 0 saturated heterocycles. The molecular weight excluding hydrogens is 148 g/mol. The molecule has 0 atom stereocenters. The number of anilines is 1. The Morgan fingerprint density at radius 3 is 2.92 bits per heavy atom. The molecule has 0 unspecified atom stereocenters. The molecule has 0 aliphatic rings. The maximum atomic E-state index is 5.77. The average molecular weight is 158 g/mol. The van der Waals surface area contributed by atoms with E-state index in [1.807, 2.05) is 25.3 Å². The zero-order valence-electron chi connectivity index (χ0n) is 6.91. The molecule has 0 aliphatic carbocycles. The molecule has 2 aromatic rings. The van der Waals surface area contributed by atoms with E-state index < -0.39 is 0 Å². The molecule has 2 rings (SSSR count). The Balaban J connectivity index is 2.84. The molecule has 0 saturated carbocycles. The first kappa shape index (κ1) is 7.10. The van der Waals surface area contributed by atoms with Crippen molar-refractivity contribution in [2.75, 3.05) is 5.73 Å². The first-order valence-electron chi connectivity index (χ1n) is 3.87. The lowest BCUT2D eigenvalue weighted by Gasteiger charge is -2.01. The second-order valence-electron chi connectivity index (χ2n) is 2.93. The van der Waals surface area contributed by atoms with E-state index in [0.29, 0.717) is 0 Å². The third-order valence-electron chi connectivity index (χ3n) is 2.03. The molecule has 12 heavy (non-hydrogen) atoms. The summed E-state index contributed by atoms with van der Waals surface area (Å²) in [5.41, 5.74) is 7.71. The van der Waals surface area contributed by atoms with E-state index in [2.05, 4.69) is 11.1 Å². The van der Waals surface area contributed by atoms with Crippen molar-refractivity contribution in [1.82, 2.24) is 4.98 Å². The van der Waals surface area contributed by atoms with Crippen LogP contribution in [-0.4, -0.2) is 4.98 Å². The second-order valence-corrected chi connectivity index (χ2v) is 2.93. The number of aromatic nitrogens is 1. The SMILES string of the molecule is Cc1cc2cnccc2cc1N. The fraction of sp³-hybridized carbons (Fsp3) is 0.100. The molecule has 0 aliphatic heterocycles. The number of benzene rings is 1. The lowest BCUT2D eigenvalue weighted by molar-refractivity contribution is 1.36. The Bertz CT molecular complexity index is 381. The lowest BCUT2D eigenvalue weighted by atomic mass is 10.1. The quantitative estimate of drug-likeness (QED) is 0.596. The molecule has 0 amide bonds. The van der Waals surface area contributed by atoms with Crippen LogP contribution in [0.4, 0.5) is 5.69 Å². The van der Waals surface area contributed by atoms with Crippen molar-refractivity contribution < 1.29 is 0 Å². The minimum absolute atomic E-state index is 0.841. The molecule has 1 heterocycles. The van der Waals surface area contributed by atoms with Crippen molar-refractivity contribution in [3.8, 4) is 0 Å². The van der Waals surface area contributed by atoms with E-state index in [4.69, 9.17) is 5.73 Å². The lowest BCUT2D eigenvalue weighted by Crippen LogP contribution is -1.89. The monoisotopic (exact) mass is 158 g/mol. The Morgan fingerprint density at radius 2 is 2.08 bits per heavy atom. The summed E-state index contributed by atoms with van der Waals surface area (Å²) in [7, 11) is 0. The molecule has 2 nitrogen and oxygen atoms in total. The van der Waals surface area contributed by atoms with Crippen LogP contribution in [0.2, 0.25) is 0 Å². The fourth-order valence-corrected chi connectivity index (χ4v) is 1.27. The van der Waals surface area contributed by atoms with Crippen molar-refractivity contribution in [3.05, 3.63) is 36.2 Å². The van der Waals surface area contributed by atoms with E-state index in [9.17, 15) is 0 Å². The van der Waals surface area contributed by atoms with E-state index in [1.165, 1.54) is 0 Å². The van der Waals surface area contributed by atoms with Crippen molar-refractivity contribution in [2.24, 2.45) is 0 Å². The highest BCUT2D eigenvalue weighted by molar-refractivity contribution is 5.85. The first-order chi connectivity index (χ1) is 5.77. The zero-order chi connectivity index (χ0) is 8.55. The van der Waals surface area contributed by atoms with Gasteiger partial charge in [0, 0.05) is 23.5 Å². The zero-order valence-corrected chi connectivity index (χ0v) is 6.91. The Morgan fingerprint density at radius 1 is 1.25 bits per heavy atom. The second kappa shape index (κ2) is 2.48. The summed E-state index contributed by atoms with van der Waals surface area (Å²) in [5.74, 6) is 0. The first-order valence-corrected chi connectivity index (χ1v) is 3.87. The predicted octanol–water partition coefficient (Wildman–Crippen LogP) is 2.13. The maximum absolute atomic E-state index is 5.77. The van der Waals surface area contributed by atoms with Gasteiger partial charge < -0.3 is 5.73 Å². The number of nitrogens with zero attached hydrogens (tertiary/aromatic N) is 1. The largest absolute Gasteiger partial charge is 0.398 e. The summed E-state index contributed by atoms with van der Waals surface area (Å²) in [4.78, 5) is 4.04. The number of hydrogen-bond donors (Lipinski definition) is 1. The van der Waals surface area contributed by atoms with Crippen molar-refractivity contribution in [2.45, 2.75) is 6.92 Å². The van der Waals surface area contributed by atoms with Gasteiger partial charge in [0.15, 0.2) is 0 Å². The van der Waals surface area contributed by atoms with Crippen LogP contribution in [0.3, 0.4) is 0 Å². The third kappa shape index (κ3) is 1.01. The Hall–Kier alpha value is -1.57. The summed E-state index contributed by atoms with van der Waals surface area (Å²) in [6.45, 7) is 2.00. The van der Waals surface area contributed by atoms with E-state index >= 15 is 0 Å². The summed E-state index contributed by atoms with van der Waals surface area (Å²) >= 11 is 0. The molecule has 2 N–H and O–H groups in total. The van der Waals surface area contributed by atoms with Crippen LogP contribution in [0.15, 0.2) is 30.6 Å². The molecule has 0 radical (unpaired) electrons. The van der Waals surface area contributed by atoms with Gasteiger partial charge in [-0.15, -0.1) is 0 Å². The normalized spacial score (nSPS) is 10.4. The van der Waals surface area contributed by atoms with Crippen molar-refractivity contribution in [3.63, 3.8) is 0 Å². The third-order valence-corrected chi connectivity index (χ3v) is 2.03. The van der Waals surface area contributed by atoms with Gasteiger partial charge in [-0.2, -0.15) is 0 Å². The number of pyridine rings is 1. The maximum Gasteiger partial charge on any atom is 0.0350 e. The number of nitrogen functional groups attached to an aromatic ring is 1. The minimum atomic E-state index is 0.841. The number of rotatable bonds is 0. The molecule has 0 fully saturated rings.